The van der Waals surface area contributed by atoms with Crippen molar-refractivity contribution in [3.8, 4) is 0 Å². The Morgan fingerprint density at radius 3 is 1.77 bits per heavy atom. The molecule has 3 fully saturated rings. The smallest absolute Gasteiger partial charge is 0.309 e. The van der Waals surface area contributed by atoms with E-state index in [0.717, 1.165) is 11.1 Å². The molecule has 3 aliphatic heterocycles. The first-order valence-corrected chi connectivity index (χ1v) is 13.4. The van der Waals surface area contributed by atoms with Crippen molar-refractivity contribution >= 4 is 11.8 Å². The summed E-state index contributed by atoms with van der Waals surface area (Å²) in [6.07, 6.45) is 0. The Morgan fingerprint density at radius 2 is 1.26 bits per heavy atom. The second kappa shape index (κ2) is 10.6. The number of nitrogens with one attached hydrogen (secondary N) is 1. The number of benzene rings is 3. The Bertz CT molecular complexity index is 1270. The summed E-state index contributed by atoms with van der Waals surface area (Å²) in [5.74, 6) is -2.05. The molecule has 2 amide bonds. The maximum atomic E-state index is 14.3. The summed E-state index contributed by atoms with van der Waals surface area (Å²) in [5, 5.41) is 3.16. The first kappa shape index (κ1) is 27.1. The van der Waals surface area contributed by atoms with E-state index in [1.807, 2.05) is 92.7 Å². The fourth-order valence-corrected chi connectivity index (χ4v) is 5.28. The number of carbonyl (C=O) groups is 2. The summed E-state index contributed by atoms with van der Waals surface area (Å²) in [4.78, 5) is 29.9. The number of hydrogen-bond acceptors (Lipinski definition) is 5. The average molecular weight is 529 g/mol. The highest BCUT2D eigenvalue weighted by Crippen LogP contribution is 2.45. The number of hydrogen-bond donors (Lipinski definition) is 1. The average Bonchev–Trinajstić information content (AvgIpc) is 2.97. The Hall–Kier alpha value is -3.52. The van der Waals surface area contributed by atoms with Crippen molar-refractivity contribution in [1.29, 1.82) is 0 Å². The van der Waals surface area contributed by atoms with Crippen molar-refractivity contribution in [2.75, 3.05) is 19.8 Å². The molecule has 0 unspecified atom stereocenters. The molecule has 0 aromatic heterocycles. The van der Waals surface area contributed by atoms with Crippen LogP contribution in [0.4, 0.5) is 0 Å². The Morgan fingerprint density at radius 1 is 0.795 bits per heavy atom. The zero-order valence-electron chi connectivity index (χ0n) is 22.9. The molecular formula is C32H36N2O5. The maximum Gasteiger partial charge on any atom is 0.309 e. The van der Waals surface area contributed by atoms with Gasteiger partial charge >= 0.3 is 5.97 Å². The van der Waals surface area contributed by atoms with E-state index in [1.165, 1.54) is 0 Å². The summed E-state index contributed by atoms with van der Waals surface area (Å²) in [6.45, 7) is 8.90. The van der Waals surface area contributed by atoms with E-state index in [1.54, 1.807) is 30.9 Å². The summed E-state index contributed by atoms with van der Waals surface area (Å²) in [6, 6.07) is 27.1. The molecule has 39 heavy (non-hydrogen) atoms. The molecule has 7 nitrogen and oxygen atoms in total. The normalized spacial score (nSPS) is 24.0. The standard InChI is InChI=1S/C32H36N2O5/c1-23(24-14-8-5-9-15-24)34(28(35)26-18-12-7-13-19-26)30(2,3)29(36)33-27(25-16-10-6-11-17-25)32-37-20-31(4,21-38-32)22-39-32/h5-19,23,27H,20-22H2,1-4H3,(H,33,36)/t23-,27+,31?,32?/m0/s1. The molecular weight excluding hydrogens is 492 g/mol. The minimum absolute atomic E-state index is 0.226. The highest BCUT2D eigenvalue weighted by atomic mass is 16.9. The van der Waals surface area contributed by atoms with Gasteiger partial charge in [-0.3, -0.25) is 9.59 Å². The first-order chi connectivity index (χ1) is 18.7. The Kier molecular flexibility index (Phi) is 7.33. The van der Waals surface area contributed by atoms with Crippen molar-refractivity contribution in [2.45, 2.75) is 51.3 Å². The fraction of sp³-hybridized carbons (Fsp3) is 0.375. The third kappa shape index (κ3) is 5.22. The SMILES string of the molecule is C[C@@H](c1ccccc1)N(C(=O)c1ccccc1)C(C)(C)C(=O)N[C@H](c1ccccc1)C12OCC(C)(CO1)CO2. The lowest BCUT2D eigenvalue weighted by atomic mass is 9.89. The van der Waals surface area contributed by atoms with Crippen molar-refractivity contribution in [3.05, 3.63) is 108 Å². The number of fused-ring (bicyclic) bond motifs is 3. The highest BCUT2D eigenvalue weighted by molar-refractivity contribution is 5.99. The number of carbonyl (C=O) groups excluding carboxylic acids is 2. The van der Waals surface area contributed by atoms with Gasteiger partial charge < -0.3 is 24.4 Å². The van der Waals surface area contributed by atoms with Gasteiger partial charge in [0.25, 0.3) is 5.91 Å². The van der Waals surface area contributed by atoms with E-state index in [-0.39, 0.29) is 23.3 Å². The molecule has 204 valence electrons. The van der Waals surface area contributed by atoms with E-state index in [0.29, 0.717) is 25.4 Å². The molecule has 2 atom stereocenters. The largest absolute Gasteiger partial charge is 0.340 e. The monoisotopic (exact) mass is 528 g/mol. The summed E-state index contributed by atoms with van der Waals surface area (Å²) < 4.78 is 18.5. The molecule has 0 radical (unpaired) electrons. The first-order valence-electron chi connectivity index (χ1n) is 13.4. The zero-order valence-corrected chi connectivity index (χ0v) is 22.9. The molecule has 3 aromatic rings. The fourth-order valence-electron chi connectivity index (χ4n) is 5.28. The summed E-state index contributed by atoms with van der Waals surface area (Å²) in [7, 11) is 0. The second-order valence-corrected chi connectivity index (χ2v) is 11.3. The zero-order chi connectivity index (χ0) is 27.7. The lowest BCUT2D eigenvalue weighted by Crippen LogP contribution is -2.66. The molecule has 0 spiro atoms. The Balaban J connectivity index is 1.50. The quantitative estimate of drug-likeness (QED) is 0.432. The van der Waals surface area contributed by atoms with Crippen LogP contribution < -0.4 is 5.32 Å². The van der Waals surface area contributed by atoms with Gasteiger partial charge in [0.15, 0.2) is 0 Å². The van der Waals surface area contributed by atoms with Crippen LogP contribution in [0.5, 0.6) is 0 Å². The van der Waals surface area contributed by atoms with Crippen LogP contribution in [0.25, 0.3) is 0 Å². The van der Waals surface area contributed by atoms with Gasteiger partial charge in [-0.05, 0) is 44.0 Å². The molecule has 0 saturated carbocycles. The van der Waals surface area contributed by atoms with E-state index in [4.69, 9.17) is 14.2 Å². The van der Waals surface area contributed by atoms with Gasteiger partial charge in [-0.15, -0.1) is 0 Å². The summed E-state index contributed by atoms with van der Waals surface area (Å²) in [5.41, 5.74) is 0.729. The molecule has 6 rings (SSSR count). The van der Waals surface area contributed by atoms with E-state index in [2.05, 4.69) is 5.32 Å². The van der Waals surface area contributed by atoms with Gasteiger partial charge in [-0.1, -0.05) is 85.8 Å². The maximum absolute atomic E-state index is 14.3. The minimum Gasteiger partial charge on any atom is -0.340 e. The van der Waals surface area contributed by atoms with Gasteiger partial charge in [-0.25, -0.2) is 0 Å². The molecule has 3 aromatic carbocycles. The van der Waals surface area contributed by atoms with Crippen molar-refractivity contribution in [3.63, 3.8) is 0 Å². The van der Waals surface area contributed by atoms with Crippen molar-refractivity contribution < 1.29 is 23.8 Å². The third-order valence-electron chi connectivity index (χ3n) is 7.69. The van der Waals surface area contributed by atoms with Crippen LogP contribution in [0.15, 0.2) is 91.0 Å². The molecule has 7 heteroatoms. The van der Waals surface area contributed by atoms with Crippen molar-refractivity contribution in [2.24, 2.45) is 5.41 Å². The number of nitrogens with zero attached hydrogens (tertiary/aromatic N) is 1. The molecule has 3 heterocycles. The molecule has 0 aliphatic carbocycles. The predicted molar refractivity (Wildman–Crippen MR) is 148 cm³/mol. The lowest BCUT2D eigenvalue weighted by molar-refractivity contribution is -0.475. The van der Waals surface area contributed by atoms with Crippen LogP contribution in [0.1, 0.15) is 61.3 Å². The molecule has 2 bridgehead atoms. The van der Waals surface area contributed by atoms with Crippen molar-refractivity contribution in [1.82, 2.24) is 10.2 Å². The van der Waals surface area contributed by atoms with Crippen LogP contribution >= 0.6 is 0 Å². The van der Waals surface area contributed by atoms with Gasteiger partial charge in [0.1, 0.15) is 11.6 Å². The molecule has 3 aliphatic rings. The molecule has 1 N–H and O–H groups in total. The highest BCUT2D eigenvalue weighted by Gasteiger charge is 2.57. The van der Waals surface area contributed by atoms with Crippen LogP contribution in [0.2, 0.25) is 0 Å². The van der Waals surface area contributed by atoms with Crippen LogP contribution in [0.3, 0.4) is 0 Å². The van der Waals surface area contributed by atoms with Gasteiger partial charge in [0.05, 0.1) is 25.9 Å². The Labute approximate surface area is 230 Å². The minimum atomic E-state index is -1.45. The van der Waals surface area contributed by atoms with E-state index < -0.39 is 17.6 Å². The number of rotatable bonds is 8. The number of ether oxygens (including phenoxy) is 3. The second-order valence-electron chi connectivity index (χ2n) is 11.3. The predicted octanol–water partition coefficient (Wildman–Crippen LogP) is 5.26. The van der Waals surface area contributed by atoms with E-state index in [9.17, 15) is 9.59 Å². The van der Waals surface area contributed by atoms with Crippen LogP contribution in [-0.4, -0.2) is 48.0 Å². The number of amides is 2. The third-order valence-corrected chi connectivity index (χ3v) is 7.69. The van der Waals surface area contributed by atoms with Crippen LogP contribution in [-0.2, 0) is 19.0 Å². The molecule has 3 saturated heterocycles. The van der Waals surface area contributed by atoms with Crippen LogP contribution in [0, 0.1) is 5.41 Å². The van der Waals surface area contributed by atoms with E-state index >= 15 is 0 Å². The van der Waals surface area contributed by atoms with Gasteiger partial charge in [-0.2, -0.15) is 0 Å². The topological polar surface area (TPSA) is 77.1 Å². The van der Waals surface area contributed by atoms with Gasteiger partial charge in [0, 0.05) is 11.0 Å². The summed E-state index contributed by atoms with van der Waals surface area (Å²) >= 11 is 0. The lowest BCUT2D eigenvalue weighted by Gasteiger charge is -2.53. The van der Waals surface area contributed by atoms with Gasteiger partial charge in [0.2, 0.25) is 5.91 Å².